The Bertz CT molecular complexity index is 923. The molecule has 2 aromatic carbocycles. The highest BCUT2D eigenvalue weighted by Gasteiger charge is 2.40. The maximum atomic E-state index is 12.4. The van der Waals surface area contributed by atoms with Crippen molar-refractivity contribution in [3.8, 4) is 0 Å². The Kier molecular flexibility index (Phi) is 6.59. The number of hydrogen-bond acceptors (Lipinski definition) is 5. The summed E-state index contributed by atoms with van der Waals surface area (Å²) in [7, 11) is -2.10. The lowest BCUT2D eigenvalue weighted by atomic mass is 9.76. The van der Waals surface area contributed by atoms with Gasteiger partial charge >= 0.3 is 6.09 Å². The lowest BCUT2D eigenvalue weighted by Gasteiger charge is -2.37. The van der Waals surface area contributed by atoms with E-state index >= 15 is 0 Å². The van der Waals surface area contributed by atoms with Crippen LogP contribution in [0.1, 0.15) is 41.5 Å². The van der Waals surface area contributed by atoms with Gasteiger partial charge in [0.25, 0.3) is 10.1 Å². The van der Waals surface area contributed by atoms with Crippen LogP contribution in [0, 0.1) is 0 Å². The molecule has 0 radical (unpaired) electrons. The second-order valence-electron chi connectivity index (χ2n) is 7.32. The van der Waals surface area contributed by atoms with E-state index in [-0.39, 0.29) is 6.61 Å². The smallest absolute Gasteiger partial charge is 0.407 e. The van der Waals surface area contributed by atoms with E-state index in [1.807, 2.05) is 24.3 Å². The average Bonchev–Trinajstić information content (AvgIpc) is 2.83. The molecule has 156 valence electrons. The molecule has 0 saturated heterocycles. The Labute approximate surface area is 172 Å². The van der Waals surface area contributed by atoms with Crippen LogP contribution in [0.4, 0.5) is 4.79 Å². The van der Waals surface area contributed by atoms with Crippen LogP contribution in [0.5, 0.6) is 0 Å². The van der Waals surface area contributed by atoms with Crippen molar-refractivity contribution in [2.24, 2.45) is 0 Å². The number of nitrogens with one attached hydrogen (secondary N) is 1. The van der Waals surface area contributed by atoms with Crippen molar-refractivity contribution in [3.05, 3.63) is 70.8 Å². The summed E-state index contributed by atoms with van der Waals surface area (Å²) in [5.41, 5.74) is 3.74. The largest absolute Gasteiger partial charge is 0.453 e. The predicted octanol–water partition coefficient (Wildman–Crippen LogP) is 3.53. The van der Waals surface area contributed by atoms with Crippen molar-refractivity contribution in [2.75, 3.05) is 20.0 Å². The average molecular weight is 418 g/mol. The molecule has 0 fully saturated rings. The van der Waals surface area contributed by atoms with Crippen molar-refractivity contribution in [1.29, 1.82) is 0 Å². The number of rotatable bonds is 7. The highest BCUT2D eigenvalue weighted by atomic mass is 32.2. The lowest BCUT2D eigenvalue weighted by Crippen LogP contribution is -2.47. The topological polar surface area (TPSA) is 81.7 Å². The van der Waals surface area contributed by atoms with Gasteiger partial charge in [-0.15, -0.1) is 0 Å². The molecule has 29 heavy (non-hydrogen) atoms. The van der Waals surface area contributed by atoms with Gasteiger partial charge in [0.15, 0.2) is 0 Å². The maximum absolute atomic E-state index is 12.4. The van der Waals surface area contributed by atoms with Crippen LogP contribution < -0.4 is 5.32 Å². The Balaban J connectivity index is 2.00. The lowest BCUT2D eigenvalue weighted by molar-refractivity contribution is 0.157. The highest BCUT2D eigenvalue weighted by Crippen LogP contribution is 2.41. The zero-order chi connectivity index (χ0) is 20.9. The zero-order valence-corrected chi connectivity index (χ0v) is 17.6. The van der Waals surface area contributed by atoms with Crippen molar-refractivity contribution in [1.82, 2.24) is 5.32 Å². The monoisotopic (exact) mass is 417 g/mol. The van der Waals surface area contributed by atoms with Gasteiger partial charge in [-0.25, -0.2) is 4.79 Å². The minimum Gasteiger partial charge on any atom is -0.453 e. The third kappa shape index (κ3) is 4.97. The summed E-state index contributed by atoms with van der Waals surface area (Å²) in [5, 5.41) is 3.12. The summed E-state index contributed by atoms with van der Waals surface area (Å²) in [4.78, 5) is 12.4. The number of fused-ring (bicyclic) bond motifs is 2. The number of unbranched alkanes of at least 4 members (excludes halogenated alkanes) is 1. The molecule has 3 rings (SSSR count). The van der Waals surface area contributed by atoms with Crippen molar-refractivity contribution < 1.29 is 22.1 Å². The number of amides is 1. The molecule has 7 heteroatoms. The summed E-state index contributed by atoms with van der Waals surface area (Å²) < 4.78 is 32.3. The minimum absolute atomic E-state index is 0.121. The number of carbonyl (C=O) groups is 1. The number of alkyl carbamates (subject to hydrolysis) is 1. The molecular formula is C22H27NO5S. The van der Waals surface area contributed by atoms with Crippen molar-refractivity contribution in [3.63, 3.8) is 0 Å². The van der Waals surface area contributed by atoms with Gasteiger partial charge in [-0.2, -0.15) is 8.42 Å². The Morgan fingerprint density at radius 1 is 1.00 bits per heavy atom. The molecule has 0 unspecified atom stereocenters. The first kappa shape index (κ1) is 21.3. The summed E-state index contributed by atoms with van der Waals surface area (Å²) in [6.45, 7) is 0.121. The van der Waals surface area contributed by atoms with E-state index in [0.717, 1.165) is 30.2 Å². The standard InChI is InChI=1S/C22H27NO5S/c1-27-21(24)23-22(15-7-8-16-28-29(2,25)26)19-11-5-3-9-17(19)13-14-18-10-4-6-12-20(18)22/h3-6,9-12H,7-8,13-16H2,1-2H3,(H,23,24). The van der Waals surface area contributed by atoms with Crippen LogP contribution >= 0.6 is 0 Å². The minimum atomic E-state index is -3.46. The Hall–Kier alpha value is -2.38. The van der Waals surface area contributed by atoms with Crippen molar-refractivity contribution >= 4 is 16.2 Å². The molecule has 1 aliphatic rings. The van der Waals surface area contributed by atoms with E-state index in [1.165, 1.54) is 18.2 Å². The molecule has 0 spiro atoms. The van der Waals surface area contributed by atoms with Gasteiger partial charge in [-0.05, 0) is 54.4 Å². The molecule has 1 N–H and O–H groups in total. The third-order valence-electron chi connectivity index (χ3n) is 5.36. The molecule has 0 saturated carbocycles. The van der Waals surface area contributed by atoms with Gasteiger partial charge in [0.1, 0.15) is 0 Å². The van der Waals surface area contributed by atoms with Crippen LogP contribution in [0.15, 0.2) is 48.5 Å². The van der Waals surface area contributed by atoms with Gasteiger partial charge in [-0.3, -0.25) is 4.18 Å². The SMILES string of the molecule is COC(=O)NC1(CCCCOS(C)(=O)=O)c2ccccc2CCc2ccccc21. The fourth-order valence-corrected chi connectivity index (χ4v) is 4.54. The first-order chi connectivity index (χ1) is 13.9. The predicted molar refractivity (Wildman–Crippen MR) is 111 cm³/mol. The van der Waals surface area contributed by atoms with Gasteiger partial charge in [0, 0.05) is 0 Å². The molecule has 2 aromatic rings. The van der Waals surface area contributed by atoms with Gasteiger partial charge in [0.2, 0.25) is 0 Å². The molecule has 1 aliphatic carbocycles. The summed E-state index contributed by atoms with van der Waals surface area (Å²) in [6, 6.07) is 16.3. The van der Waals surface area contributed by atoms with Crippen molar-refractivity contribution in [2.45, 2.75) is 37.6 Å². The van der Waals surface area contributed by atoms with E-state index in [2.05, 4.69) is 29.6 Å². The first-order valence-corrected chi connectivity index (χ1v) is 11.5. The summed E-state index contributed by atoms with van der Waals surface area (Å²) in [5.74, 6) is 0. The summed E-state index contributed by atoms with van der Waals surface area (Å²) in [6.07, 6.45) is 4.14. The molecule has 1 amide bonds. The fraction of sp³-hybridized carbons (Fsp3) is 0.409. The highest BCUT2D eigenvalue weighted by molar-refractivity contribution is 7.85. The van der Waals surface area contributed by atoms with Gasteiger partial charge in [-0.1, -0.05) is 48.5 Å². The number of ether oxygens (including phenoxy) is 1. The van der Waals surface area contributed by atoms with Crippen LogP contribution in [-0.2, 0) is 37.4 Å². The third-order valence-corrected chi connectivity index (χ3v) is 5.96. The molecule has 0 atom stereocenters. The first-order valence-electron chi connectivity index (χ1n) is 9.73. The zero-order valence-electron chi connectivity index (χ0n) is 16.8. The van der Waals surface area contributed by atoms with E-state index in [9.17, 15) is 13.2 Å². The molecule has 0 aromatic heterocycles. The Morgan fingerprint density at radius 3 is 2.07 bits per heavy atom. The molecule has 6 nitrogen and oxygen atoms in total. The molecular weight excluding hydrogens is 390 g/mol. The second kappa shape index (κ2) is 8.97. The molecule has 0 bridgehead atoms. The quantitative estimate of drug-likeness (QED) is 0.551. The number of carbonyl (C=O) groups excluding carboxylic acids is 1. The van der Waals surface area contributed by atoms with E-state index < -0.39 is 21.8 Å². The maximum Gasteiger partial charge on any atom is 0.407 e. The fourth-order valence-electron chi connectivity index (χ4n) is 4.12. The van der Waals surface area contributed by atoms with Crippen LogP contribution in [-0.4, -0.2) is 34.5 Å². The summed E-state index contributed by atoms with van der Waals surface area (Å²) >= 11 is 0. The van der Waals surface area contributed by atoms with Crippen LogP contribution in [0.2, 0.25) is 0 Å². The molecule has 0 aliphatic heterocycles. The van der Waals surface area contributed by atoms with Gasteiger partial charge in [0.05, 0.1) is 25.5 Å². The van der Waals surface area contributed by atoms with Crippen LogP contribution in [0.3, 0.4) is 0 Å². The number of benzene rings is 2. The van der Waals surface area contributed by atoms with E-state index in [0.29, 0.717) is 19.3 Å². The number of methoxy groups -OCH3 is 1. The Morgan fingerprint density at radius 2 is 1.55 bits per heavy atom. The normalized spacial score (nSPS) is 15.0. The second-order valence-corrected chi connectivity index (χ2v) is 8.96. The number of aryl methyl sites for hydroxylation is 2. The molecule has 0 heterocycles. The van der Waals surface area contributed by atoms with Crippen LogP contribution in [0.25, 0.3) is 0 Å². The van der Waals surface area contributed by atoms with E-state index in [1.54, 1.807) is 0 Å². The van der Waals surface area contributed by atoms with Gasteiger partial charge < -0.3 is 10.1 Å². The van der Waals surface area contributed by atoms with E-state index in [4.69, 9.17) is 8.92 Å². The number of hydrogen-bond donors (Lipinski definition) is 1.